The van der Waals surface area contributed by atoms with Crippen molar-refractivity contribution in [2.24, 2.45) is 0 Å². The largest absolute Gasteiger partial charge is 0.376 e. The maximum absolute atomic E-state index is 11.5. The maximum atomic E-state index is 11.5. The number of hydrogen-bond acceptors (Lipinski definition) is 4. The summed E-state index contributed by atoms with van der Waals surface area (Å²) in [6.45, 7) is 1.66. The van der Waals surface area contributed by atoms with Gasteiger partial charge in [0.15, 0.2) is 0 Å². The molecule has 1 aromatic carbocycles. The molecule has 0 aliphatic heterocycles. The molecule has 96 valence electrons. The molecule has 1 rings (SSSR count). The number of amides is 1. The Morgan fingerprint density at radius 3 is 2.89 bits per heavy atom. The van der Waals surface area contributed by atoms with E-state index in [1.807, 2.05) is 25.1 Å². The lowest BCUT2D eigenvalue weighted by atomic mass is 10.2. The van der Waals surface area contributed by atoms with Gasteiger partial charge in [-0.05, 0) is 32.3 Å². The number of benzene rings is 1. The fourth-order valence-corrected chi connectivity index (χ4v) is 1.36. The second-order valence-electron chi connectivity index (χ2n) is 4.20. The molecule has 1 amide bonds. The molecule has 5 heteroatoms. The van der Waals surface area contributed by atoms with Crippen LogP contribution in [0.1, 0.15) is 5.56 Å². The predicted octanol–water partition coefficient (Wildman–Crippen LogP) is 0.648. The summed E-state index contributed by atoms with van der Waals surface area (Å²) in [5, 5.41) is 14.5. The number of hydrogen-bond donors (Lipinski definition) is 2. The van der Waals surface area contributed by atoms with Gasteiger partial charge in [-0.1, -0.05) is 6.07 Å². The number of carbonyl (C=O) groups is 1. The average Bonchev–Trinajstić information content (AvgIpc) is 2.36. The van der Waals surface area contributed by atoms with E-state index in [1.165, 1.54) is 0 Å². The van der Waals surface area contributed by atoms with E-state index in [0.717, 1.165) is 12.2 Å². The molecule has 0 aliphatic rings. The first-order valence-electron chi connectivity index (χ1n) is 5.77. The summed E-state index contributed by atoms with van der Waals surface area (Å²) >= 11 is 0. The summed E-state index contributed by atoms with van der Waals surface area (Å²) in [6, 6.07) is 9.11. The van der Waals surface area contributed by atoms with Gasteiger partial charge in [-0.25, -0.2) is 0 Å². The standard InChI is InChI=1S/C13H18N4O/c1-17(2)7-6-15-13(18)10-16-12-5-3-4-11(8-12)9-14/h3-5,8,16H,6-7,10H2,1-2H3,(H,15,18). The number of likely N-dealkylation sites (N-methyl/N-ethyl adjacent to an activating group) is 1. The highest BCUT2D eigenvalue weighted by molar-refractivity contribution is 5.80. The van der Waals surface area contributed by atoms with Gasteiger partial charge in [0.25, 0.3) is 0 Å². The number of nitriles is 1. The van der Waals surface area contributed by atoms with Crippen molar-refractivity contribution in [3.63, 3.8) is 0 Å². The molecule has 0 radical (unpaired) electrons. The van der Waals surface area contributed by atoms with Gasteiger partial charge < -0.3 is 15.5 Å². The number of rotatable bonds is 6. The van der Waals surface area contributed by atoms with Crippen LogP contribution in [-0.4, -0.2) is 44.5 Å². The van der Waals surface area contributed by atoms with E-state index in [2.05, 4.69) is 16.7 Å². The Kier molecular flexibility index (Phi) is 5.68. The lowest BCUT2D eigenvalue weighted by Crippen LogP contribution is -2.35. The molecular formula is C13H18N4O. The van der Waals surface area contributed by atoms with Crippen LogP contribution in [-0.2, 0) is 4.79 Å². The zero-order valence-corrected chi connectivity index (χ0v) is 10.7. The van der Waals surface area contributed by atoms with Crippen LogP contribution in [0.15, 0.2) is 24.3 Å². The first-order chi connectivity index (χ1) is 8.61. The predicted molar refractivity (Wildman–Crippen MR) is 71.2 cm³/mol. The van der Waals surface area contributed by atoms with Crippen molar-refractivity contribution in [1.82, 2.24) is 10.2 Å². The molecule has 0 saturated carbocycles. The third-order valence-corrected chi connectivity index (χ3v) is 2.33. The summed E-state index contributed by atoms with van der Waals surface area (Å²) in [4.78, 5) is 13.5. The van der Waals surface area contributed by atoms with E-state index in [1.54, 1.807) is 18.2 Å². The number of carbonyl (C=O) groups excluding carboxylic acids is 1. The van der Waals surface area contributed by atoms with Crippen molar-refractivity contribution < 1.29 is 4.79 Å². The third kappa shape index (κ3) is 5.32. The zero-order valence-electron chi connectivity index (χ0n) is 10.7. The van der Waals surface area contributed by atoms with Gasteiger partial charge >= 0.3 is 0 Å². The highest BCUT2D eigenvalue weighted by atomic mass is 16.1. The van der Waals surface area contributed by atoms with Crippen LogP contribution >= 0.6 is 0 Å². The Morgan fingerprint density at radius 1 is 1.44 bits per heavy atom. The van der Waals surface area contributed by atoms with Gasteiger partial charge in [0.05, 0.1) is 18.2 Å². The minimum absolute atomic E-state index is 0.0563. The lowest BCUT2D eigenvalue weighted by Gasteiger charge is -2.11. The molecule has 0 unspecified atom stereocenters. The van der Waals surface area contributed by atoms with E-state index in [4.69, 9.17) is 5.26 Å². The third-order valence-electron chi connectivity index (χ3n) is 2.33. The van der Waals surface area contributed by atoms with Crippen molar-refractivity contribution >= 4 is 11.6 Å². The van der Waals surface area contributed by atoms with Gasteiger partial charge in [-0.3, -0.25) is 4.79 Å². The monoisotopic (exact) mass is 246 g/mol. The molecule has 0 aliphatic carbocycles. The van der Waals surface area contributed by atoms with Crippen molar-refractivity contribution in [3.05, 3.63) is 29.8 Å². The smallest absolute Gasteiger partial charge is 0.239 e. The van der Waals surface area contributed by atoms with Crippen molar-refractivity contribution in [2.75, 3.05) is 39.0 Å². The first-order valence-corrected chi connectivity index (χ1v) is 5.77. The molecule has 0 spiro atoms. The molecule has 0 saturated heterocycles. The van der Waals surface area contributed by atoms with Gasteiger partial charge in [0.1, 0.15) is 0 Å². The van der Waals surface area contributed by atoms with Crippen LogP contribution in [0.3, 0.4) is 0 Å². The summed E-state index contributed by atoms with van der Waals surface area (Å²) in [7, 11) is 3.91. The van der Waals surface area contributed by atoms with Crippen LogP contribution < -0.4 is 10.6 Å². The molecule has 0 aromatic heterocycles. The van der Waals surface area contributed by atoms with Gasteiger partial charge in [-0.15, -0.1) is 0 Å². The van der Waals surface area contributed by atoms with Crippen molar-refractivity contribution in [1.29, 1.82) is 5.26 Å². The first kappa shape index (κ1) is 14.0. The maximum Gasteiger partial charge on any atom is 0.239 e. The molecule has 0 fully saturated rings. The highest BCUT2D eigenvalue weighted by Gasteiger charge is 2.01. The minimum Gasteiger partial charge on any atom is -0.376 e. The van der Waals surface area contributed by atoms with Crippen LogP contribution in [0.5, 0.6) is 0 Å². The van der Waals surface area contributed by atoms with Gasteiger partial charge in [-0.2, -0.15) is 5.26 Å². The Labute approximate surface area is 107 Å². The second kappa shape index (κ2) is 7.30. The Morgan fingerprint density at radius 2 is 2.22 bits per heavy atom. The quantitative estimate of drug-likeness (QED) is 0.773. The van der Waals surface area contributed by atoms with E-state index >= 15 is 0 Å². The van der Waals surface area contributed by atoms with Crippen LogP contribution in [0, 0.1) is 11.3 Å². The van der Waals surface area contributed by atoms with E-state index < -0.39 is 0 Å². The summed E-state index contributed by atoms with van der Waals surface area (Å²) < 4.78 is 0. The molecular weight excluding hydrogens is 228 g/mol. The van der Waals surface area contributed by atoms with Gasteiger partial charge in [0.2, 0.25) is 5.91 Å². The van der Waals surface area contributed by atoms with Gasteiger partial charge in [0, 0.05) is 18.8 Å². The molecule has 0 heterocycles. The Balaban J connectivity index is 2.31. The lowest BCUT2D eigenvalue weighted by molar-refractivity contribution is -0.119. The van der Waals surface area contributed by atoms with Crippen LogP contribution in [0.4, 0.5) is 5.69 Å². The SMILES string of the molecule is CN(C)CCNC(=O)CNc1cccc(C#N)c1. The molecule has 5 nitrogen and oxygen atoms in total. The zero-order chi connectivity index (χ0) is 13.4. The summed E-state index contributed by atoms with van der Waals surface area (Å²) in [5.74, 6) is -0.0563. The van der Waals surface area contributed by atoms with Crippen molar-refractivity contribution in [2.45, 2.75) is 0 Å². The molecule has 0 atom stereocenters. The van der Waals surface area contributed by atoms with Crippen molar-refractivity contribution in [3.8, 4) is 6.07 Å². The fourth-order valence-electron chi connectivity index (χ4n) is 1.36. The summed E-state index contributed by atoms with van der Waals surface area (Å²) in [6.07, 6.45) is 0. The Bertz CT molecular complexity index is 437. The average molecular weight is 246 g/mol. The summed E-state index contributed by atoms with van der Waals surface area (Å²) in [5.41, 5.74) is 1.35. The topological polar surface area (TPSA) is 68.2 Å². The molecule has 2 N–H and O–H groups in total. The van der Waals surface area contributed by atoms with E-state index in [9.17, 15) is 4.79 Å². The normalized spacial score (nSPS) is 9.89. The Hall–Kier alpha value is -2.06. The highest BCUT2D eigenvalue weighted by Crippen LogP contribution is 2.08. The number of nitrogens with zero attached hydrogens (tertiary/aromatic N) is 2. The van der Waals surface area contributed by atoms with E-state index in [-0.39, 0.29) is 12.5 Å². The van der Waals surface area contributed by atoms with Crippen LogP contribution in [0.2, 0.25) is 0 Å². The van der Waals surface area contributed by atoms with Crippen LogP contribution in [0.25, 0.3) is 0 Å². The molecule has 0 bridgehead atoms. The molecule has 1 aromatic rings. The van der Waals surface area contributed by atoms with E-state index in [0.29, 0.717) is 12.1 Å². The number of nitrogens with one attached hydrogen (secondary N) is 2. The minimum atomic E-state index is -0.0563. The molecule has 18 heavy (non-hydrogen) atoms. The number of anilines is 1. The second-order valence-corrected chi connectivity index (χ2v) is 4.20. The fraction of sp³-hybridized carbons (Fsp3) is 0.385.